The number of anilines is 1. The highest BCUT2D eigenvalue weighted by molar-refractivity contribution is 5.98. The number of aromatic nitrogens is 2. The van der Waals surface area contributed by atoms with E-state index in [2.05, 4.69) is 10.6 Å². The zero-order chi connectivity index (χ0) is 13.8. The van der Waals surface area contributed by atoms with E-state index >= 15 is 0 Å². The molecule has 6 heteroatoms. The van der Waals surface area contributed by atoms with Crippen molar-refractivity contribution in [3.8, 4) is 0 Å². The first-order valence-corrected chi connectivity index (χ1v) is 5.80. The van der Waals surface area contributed by atoms with E-state index < -0.39 is 0 Å². The number of ketones is 1. The van der Waals surface area contributed by atoms with E-state index in [9.17, 15) is 9.59 Å². The van der Waals surface area contributed by atoms with E-state index in [-0.39, 0.29) is 23.3 Å². The maximum Gasteiger partial charge on any atom is 0.340 e. The van der Waals surface area contributed by atoms with Gasteiger partial charge < -0.3 is 0 Å². The maximum absolute atomic E-state index is 11.6. The Hall–Kier alpha value is -2.50. The van der Waals surface area contributed by atoms with Gasteiger partial charge in [0.25, 0.3) is 0 Å². The van der Waals surface area contributed by atoms with Crippen LogP contribution in [0, 0.1) is 0 Å². The van der Waals surface area contributed by atoms with Gasteiger partial charge in [0.2, 0.25) is 23.5 Å². The fourth-order valence-corrected chi connectivity index (χ4v) is 1.74. The van der Waals surface area contributed by atoms with Crippen LogP contribution in [-0.4, -0.2) is 17.0 Å². The summed E-state index contributed by atoms with van der Waals surface area (Å²) in [6.07, 6.45) is 0. The molecule has 0 aliphatic carbocycles. The summed E-state index contributed by atoms with van der Waals surface area (Å²) in [4.78, 5) is 22.7. The lowest BCUT2D eigenvalue weighted by Crippen LogP contribution is -2.41. The van der Waals surface area contributed by atoms with Crippen molar-refractivity contribution in [2.45, 2.75) is 20.4 Å². The summed E-state index contributed by atoms with van der Waals surface area (Å²) >= 11 is 0. The average molecular weight is 260 g/mol. The van der Waals surface area contributed by atoms with Crippen LogP contribution in [0.5, 0.6) is 0 Å². The van der Waals surface area contributed by atoms with Gasteiger partial charge in [0.05, 0.1) is 0 Å². The van der Waals surface area contributed by atoms with Gasteiger partial charge in [-0.25, -0.2) is 0 Å². The third-order valence-corrected chi connectivity index (χ3v) is 2.50. The van der Waals surface area contributed by atoms with Gasteiger partial charge in [0.15, 0.2) is 0 Å². The molecule has 0 unspecified atom stereocenters. The summed E-state index contributed by atoms with van der Waals surface area (Å²) < 4.78 is 6.43. The molecule has 19 heavy (non-hydrogen) atoms. The van der Waals surface area contributed by atoms with Crippen molar-refractivity contribution in [1.82, 2.24) is 5.27 Å². The first-order valence-electron chi connectivity index (χ1n) is 5.80. The van der Waals surface area contributed by atoms with Crippen LogP contribution >= 0.6 is 0 Å². The minimum atomic E-state index is -0.314. The number of benzene rings is 1. The van der Waals surface area contributed by atoms with Crippen LogP contribution in [-0.2, 0) is 11.3 Å². The van der Waals surface area contributed by atoms with Crippen LogP contribution < -0.4 is 10.00 Å². The summed E-state index contributed by atoms with van der Waals surface area (Å²) in [5, 5.41) is 6.24. The second-order valence-electron chi connectivity index (χ2n) is 4.13. The molecule has 1 amide bonds. The van der Waals surface area contributed by atoms with Crippen LogP contribution in [0.2, 0.25) is 0 Å². The molecule has 0 saturated carbocycles. The third kappa shape index (κ3) is 3.04. The number of hydrogen-bond donors (Lipinski definition) is 1. The van der Waals surface area contributed by atoms with E-state index in [0.717, 1.165) is 5.56 Å². The molecule has 1 heterocycles. The molecule has 98 valence electrons. The van der Waals surface area contributed by atoms with Crippen molar-refractivity contribution in [3.05, 3.63) is 41.6 Å². The van der Waals surface area contributed by atoms with Crippen molar-refractivity contribution in [1.29, 1.82) is 0 Å². The Labute approximate surface area is 110 Å². The molecule has 0 bridgehead atoms. The molecule has 6 nitrogen and oxygen atoms in total. The molecule has 2 rings (SSSR count). The first-order chi connectivity index (χ1) is 9.08. The smallest absolute Gasteiger partial charge is 0.289 e. The van der Waals surface area contributed by atoms with Gasteiger partial charge in [0.1, 0.15) is 0 Å². The summed E-state index contributed by atoms with van der Waals surface area (Å²) in [7, 11) is 0. The van der Waals surface area contributed by atoms with E-state index in [1.54, 1.807) is 0 Å². The molecule has 0 radical (unpaired) electrons. The highest BCUT2D eigenvalue weighted by atomic mass is 16.5. The Balaban J connectivity index is 2.33. The van der Waals surface area contributed by atoms with Gasteiger partial charge in [-0.15, -0.1) is 0 Å². The molecular formula is C13H14N3O3+. The number of rotatable bonds is 4. The van der Waals surface area contributed by atoms with Crippen LogP contribution in [0.15, 0.2) is 34.9 Å². The minimum absolute atomic E-state index is 0.0796. The van der Waals surface area contributed by atoms with Crippen LogP contribution in [0.25, 0.3) is 0 Å². The number of carbonyl (C=O) groups is 2. The number of amides is 1. The normalized spacial score (nSPS) is 10.2. The predicted octanol–water partition coefficient (Wildman–Crippen LogP) is 1.17. The molecule has 1 N–H and O–H groups in total. The Kier molecular flexibility index (Phi) is 3.70. The molecule has 0 saturated heterocycles. The molecule has 0 atom stereocenters. The standard InChI is InChI=1S/C13H13N3O3/c1-9(17)12-13(14-10(2)18)19-15-16(12)8-11-6-4-3-5-7-11/h3-7H,8H2,1-2H3/p+1. The largest absolute Gasteiger partial charge is 0.340 e. The number of hydrogen-bond acceptors (Lipinski definition) is 4. The summed E-state index contributed by atoms with van der Waals surface area (Å²) in [6.45, 7) is 3.14. The number of nitrogens with one attached hydrogen (secondary N) is 1. The number of nitrogens with zero attached hydrogens (tertiary/aromatic N) is 2. The van der Waals surface area contributed by atoms with E-state index in [0.29, 0.717) is 6.54 Å². The molecule has 0 spiro atoms. The zero-order valence-corrected chi connectivity index (χ0v) is 10.7. The molecule has 1 aromatic heterocycles. The van der Waals surface area contributed by atoms with Crippen molar-refractivity contribution in [2.24, 2.45) is 0 Å². The average Bonchev–Trinajstić information content (AvgIpc) is 2.72. The van der Waals surface area contributed by atoms with Crippen molar-refractivity contribution < 1.29 is 18.8 Å². The number of Topliss-reactive ketones (excluding diaryl/α,β-unsaturated/α-hetero) is 1. The first kappa shape index (κ1) is 12.9. The lowest BCUT2D eigenvalue weighted by Gasteiger charge is -1.95. The maximum atomic E-state index is 11.6. The predicted molar refractivity (Wildman–Crippen MR) is 66.6 cm³/mol. The Morgan fingerprint density at radius 1 is 1.26 bits per heavy atom. The third-order valence-electron chi connectivity index (χ3n) is 2.50. The quantitative estimate of drug-likeness (QED) is 0.661. The fraction of sp³-hybridized carbons (Fsp3) is 0.231. The van der Waals surface area contributed by atoms with Gasteiger partial charge in [-0.3, -0.25) is 19.4 Å². The van der Waals surface area contributed by atoms with Crippen LogP contribution in [0.4, 0.5) is 5.88 Å². The summed E-state index contributed by atoms with van der Waals surface area (Å²) in [6, 6.07) is 9.55. The van der Waals surface area contributed by atoms with Gasteiger partial charge in [0, 0.05) is 19.4 Å². The second kappa shape index (κ2) is 5.43. The molecule has 2 aromatic rings. The monoisotopic (exact) mass is 260 g/mol. The van der Waals surface area contributed by atoms with Crippen molar-refractivity contribution in [2.75, 3.05) is 5.32 Å². The zero-order valence-electron chi connectivity index (χ0n) is 10.7. The highest BCUT2D eigenvalue weighted by Gasteiger charge is 2.29. The van der Waals surface area contributed by atoms with Gasteiger partial charge >= 0.3 is 11.6 Å². The summed E-state index contributed by atoms with van der Waals surface area (Å²) in [5.74, 6) is -0.456. The van der Waals surface area contributed by atoms with Crippen molar-refractivity contribution in [3.63, 3.8) is 0 Å². The van der Waals surface area contributed by atoms with Crippen molar-refractivity contribution >= 4 is 17.6 Å². The molecule has 0 fully saturated rings. The van der Waals surface area contributed by atoms with Crippen LogP contribution in [0.3, 0.4) is 0 Å². The lowest BCUT2D eigenvalue weighted by molar-refractivity contribution is -0.756. The van der Waals surface area contributed by atoms with Gasteiger partial charge in [-0.05, 0) is 4.68 Å². The molecule has 1 aromatic carbocycles. The summed E-state index contributed by atoms with van der Waals surface area (Å²) in [5.41, 5.74) is 1.23. The van der Waals surface area contributed by atoms with E-state index in [1.165, 1.54) is 18.5 Å². The molecule has 0 aliphatic rings. The van der Waals surface area contributed by atoms with Crippen LogP contribution in [0.1, 0.15) is 29.9 Å². The fourth-order valence-electron chi connectivity index (χ4n) is 1.74. The number of carbonyl (C=O) groups excluding carboxylic acids is 2. The minimum Gasteiger partial charge on any atom is -0.289 e. The second-order valence-corrected chi connectivity index (χ2v) is 4.13. The molecule has 0 aliphatic heterocycles. The van der Waals surface area contributed by atoms with Gasteiger partial charge in [-0.1, -0.05) is 30.3 Å². The Morgan fingerprint density at radius 2 is 1.95 bits per heavy atom. The highest BCUT2D eigenvalue weighted by Crippen LogP contribution is 2.11. The topological polar surface area (TPSA) is 76.1 Å². The Bertz CT molecular complexity index is 605. The van der Waals surface area contributed by atoms with E-state index in [4.69, 9.17) is 4.52 Å². The lowest BCUT2D eigenvalue weighted by atomic mass is 10.2. The van der Waals surface area contributed by atoms with Gasteiger partial charge in [-0.2, -0.15) is 0 Å². The molecular weight excluding hydrogens is 246 g/mol. The Morgan fingerprint density at radius 3 is 2.53 bits per heavy atom. The SMILES string of the molecule is CC(=O)Nc1on[n+](Cc2ccccc2)c1C(C)=O. The van der Waals surface area contributed by atoms with E-state index in [1.807, 2.05) is 30.3 Å².